The molecule has 0 radical (unpaired) electrons. The first-order valence-electron chi connectivity index (χ1n) is 12.4. The number of fused-ring (bicyclic) bond motifs is 2. The summed E-state index contributed by atoms with van der Waals surface area (Å²) in [6, 6.07) is 18.6. The van der Waals surface area contributed by atoms with Crippen LogP contribution in [0.4, 0.5) is 0 Å². The molecule has 2 heterocycles. The first-order valence-corrected chi connectivity index (χ1v) is 12.4. The van der Waals surface area contributed by atoms with E-state index in [-0.39, 0.29) is 17.9 Å². The van der Waals surface area contributed by atoms with Crippen LogP contribution in [0, 0.1) is 0 Å². The minimum atomic E-state index is -1.32. The fraction of sp³-hybridized carbons (Fsp3) is 0.429. The zero-order valence-corrected chi connectivity index (χ0v) is 19.8. The van der Waals surface area contributed by atoms with Gasteiger partial charge in [0, 0.05) is 32.2 Å². The van der Waals surface area contributed by atoms with Crippen LogP contribution >= 0.6 is 0 Å². The highest BCUT2D eigenvalue weighted by Crippen LogP contribution is 2.31. The van der Waals surface area contributed by atoms with Crippen LogP contribution in [-0.4, -0.2) is 71.1 Å². The molecule has 2 amide bonds. The molecule has 2 aliphatic rings. The summed E-state index contributed by atoms with van der Waals surface area (Å²) < 4.78 is 0. The summed E-state index contributed by atoms with van der Waals surface area (Å²) in [4.78, 5) is 30.4. The number of likely N-dealkylation sites (tertiary alicyclic amines) is 2. The number of aliphatic hydroxyl groups is 1. The van der Waals surface area contributed by atoms with Gasteiger partial charge in [-0.25, -0.2) is 0 Å². The number of piperidine rings is 2. The van der Waals surface area contributed by atoms with Gasteiger partial charge in [0.15, 0.2) is 5.60 Å². The van der Waals surface area contributed by atoms with Gasteiger partial charge in [0.1, 0.15) is 0 Å². The third-order valence-electron chi connectivity index (χ3n) is 7.51. The van der Waals surface area contributed by atoms with E-state index < -0.39 is 5.60 Å². The summed E-state index contributed by atoms with van der Waals surface area (Å²) in [6.07, 6.45) is 3.00. The van der Waals surface area contributed by atoms with Crippen LogP contribution in [0.5, 0.6) is 0 Å². The van der Waals surface area contributed by atoms with Gasteiger partial charge in [0.25, 0.3) is 11.8 Å². The van der Waals surface area contributed by atoms with Gasteiger partial charge in [-0.1, -0.05) is 48.5 Å². The average molecular weight is 460 g/mol. The van der Waals surface area contributed by atoms with Crippen molar-refractivity contribution >= 4 is 33.4 Å². The fourth-order valence-electron chi connectivity index (χ4n) is 5.73. The summed E-state index contributed by atoms with van der Waals surface area (Å²) in [6.45, 7) is 4.99. The predicted octanol–water partition coefficient (Wildman–Crippen LogP) is 3.56. The molecular formula is C28H33N3O3. The zero-order chi connectivity index (χ0) is 23.7. The molecular weight excluding hydrogens is 426 g/mol. The van der Waals surface area contributed by atoms with Gasteiger partial charge in [-0.05, 0) is 66.8 Å². The second kappa shape index (κ2) is 9.35. The van der Waals surface area contributed by atoms with Crippen molar-refractivity contribution in [1.82, 2.24) is 15.1 Å². The van der Waals surface area contributed by atoms with E-state index in [0.717, 1.165) is 52.9 Å². The molecule has 2 N–H and O–H groups in total. The largest absolute Gasteiger partial charge is 0.379 e. The van der Waals surface area contributed by atoms with Crippen LogP contribution in [0.1, 0.15) is 43.0 Å². The Morgan fingerprint density at radius 3 is 2.24 bits per heavy atom. The highest BCUT2D eigenvalue weighted by Gasteiger charge is 2.42. The van der Waals surface area contributed by atoms with E-state index in [4.69, 9.17) is 0 Å². The molecule has 3 aromatic carbocycles. The van der Waals surface area contributed by atoms with E-state index in [1.165, 1.54) is 0 Å². The topological polar surface area (TPSA) is 72.9 Å². The van der Waals surface area contributed by atoms with Crippen molar-refractivity contribution in [1.29, 1.82) is 0 Å². The molecule has 1 atom stereocenters. The summed E-state index contributed by atoms with van der Waals surface area (Å²) in [7, 11) is 0. The lowest BCUT2D eigenvalue weighted by atomic mass is 9.89. The summed E-state index contributed by atoms with van der Waals surface area (Å²) >= 11 is 0. The Hall–Kier alpha value is -2.96. The Morgan fingerprint density at radius 1 is 1.00 bits per heavy atom. The smallest absolute Gasteiger partial charge is 0.255 e. The van der Waals surface area contributed by atoms with E-state index in [2.05, 4.69) is 28.4 Å². The van der Waals surface area contributed by atoms with Crippen molar-refractivity contribution in [3.05, 3.63) is 60.2 Å². The summed E-state index contributed by atoms with van der Waals surface area (Å²) in [5.74, 6) is -0.181. The predicted molar refractivity (Wildman–Crippen MR) is 135 cm³/mol. The fourth-order valence-corrected chi connectivity index (χ4v) is 5.73. The highest BCUT2D eigenvalue weighted by atomic mass is 16.3. The zero-order valence-electron chi connectivity index (χ0n) is 19.8. The first-order chi connectivity index (χ1) is 16.5. The monoisotopic (exact) mass is 459 g/mol. The number of β-amino-alcohol motifs (C(OH)–C–C–N with tert-alkyl or cyclic N) is 1. The first kappa shape index (κ1) is 22.8. The van der Waals surface area contributed by atoms with Gasteiger partial charge in [0.05, 0.1) is 5.56 Å². The maximum Gasteiger partial charge on any atom is 0.255 e. The molecule has 2 aliphatic heterocycles. The second-order valence-corrected chi connectivity index (χ2v) is 9.68. The van der Waals surface area contributed by atoms with Crippen LogP contribution in [-0.2, 0) is 4.79 Å². The molecule has 0 saturated carbocycles. The van der Waals surface area contributed by atoms with Crippen molar-refractivity contribution in [3.63, 3.8) is 0 Å². The van der Waals surface area contributed by atoms with Crippen molar-refractivity contribution in [3.8, 4) is 0 Å². The Bertz CT molecular complexity index is 1160. The van der Waals surface area contributed by atoms with E-state index in [1.54, 1.807) is 0 Å². The molecule has 2 saturated heterocycles. The van der Waals surface area contributed by atoms with Gasteiger partial charge in [0.2, 0.25) is 0 Å². The number of benzene rings is 3. The van der Waals surface area contributed by atoms with Crippen molar-refractivity contribution in [2.45, 2.75) is 44.2 Å². The molecule has 178 valence electrons. The molecule has 6 heteroatoms. The van der Waals surface area contributed by atoms with Crippen molar-refractivity contribution in [2.75, 3.05) is 32.7 Å². The second-order valence-electron chi connectivity index (χ2n) is 9.68. The number of carbonyl (C=O) groups excluding carboxylic acids is 2. The molecule has 0 aromatic heterocycles. The van der Waals surface area contributed by atoms with Gasteiger partial charge in [-0.2, -0.15) is 0 Å². The van der Waals surface area contributed by atoms with Crippen LogP contribution in [0.25, 0.3) is 21.5 Å². The SMILES string of the molecule is CCNC(=O)C1(O)CCCN(C2CCN(C(=O)c3c4ccccc4cc4ccccc34)CC2)C1. The average Bonchev–Trinajstić information content (AvgIpc) is 2.87. The molecule has 6 nitrogen and oxygen atoms in total. The lowest BCUT2D eigenvalue weighted by Crippen LogP contribution is -2.60. The Balaban J connectivity index is 1.33. The lowest BCUT2D eigenvalue weighted by Gasteiger charge is -2.44. The number of amides is 2. The van der Waals surface area contributed by atoms with Crippen LogP contribution in [0.3, 0.4) is 0 Å². The number of hydrogen-bond acceptors (Lipinski definition) is 4. The molecule has 0 aliphatic carbocycles. The van der Waals surface area contributed by atoms with Gasteiger partial charge in [-0.3, -0.25) is 14.5 Å². The molecule has 1 unspecified atom stereocenters. The van der Waals surface area contributed by atoms with Crippen molar-refractivity contribution < 1.29 is 14.7 Å². The number of hydrogen-bond donors (Lipinski definition) is 2. The van der Waals surface area contributed by atoms with E-state index in [0.29, 0.717) is 32.6 Å². The quantitative estimate of drug-likeness (QED) is 0.585. The number of nitrogens with zero attached hydrogens (tertiary/aromatic N) is 2. The summed E-state index contributed by atoms with van der Waals surface area (Å²) in [5.41, 5.74) is -0.529. The van der Waals surface area contributed by atoms with Gasteiger partial charge < -0.3 is 15.3 Å². The summed E-state index contributed by atoms with van der Waals surface area (Å²) in [5, 5.41) is 17.9. The molecule has 34 heavy (non-hydrogen) atoms. The number of rotatable bonds is 4. The minimum Gasteiger partial charge on any atom is -0.379 e. The normalized spacial score (nSPS) is 22.2. The third kappa shape index (κ3) is 4.17. The number of carbonyl (C=O) groups is 2. The highest BCUT2D eigenvalue weighted by molar-refractivity contribution is 6.18. The van der Waals surface area contributed by atoms with E-state index >= 15 is 0 Å². The molecule has 3 aromatic rings. The maximum absolute atomic E-state index is 13.8. The lowest BCUT2D eigenvalue weighted by molar-refractivity contribution is -0.147. The molecule has 5 rings (SSSR count). The van der Waals surface area contributed by atoms with Crippen LogP contribution < -0.4 is 5.32 Å². The van der Waals surface area contributed by atoms with Crippen LogP contribution in [0.15, 0.2) is 54.6 Å². The van der Waals surface area contributed by atoms with Crippen LogP contribution in [0.2, 0.25) is 0 Å². The minimum absolute atomic E-state index is 0.0870. The number of nitrogens with one attached hydrogen (secondary N) is 1. The molecule has 2 fully saturated rings. The Morgan fingerprint density at radius 2 is 1.62 bits per heavy atom. The van der Waals surface area contributed by atoms with E-state index in [9.17, 15) is 14.7 Å². The van der Waals surface area contributed by atoms with E-state index in [1.807, 2.05) is 48.2 Å². The standard InChI is InChI=1S/C28H33N3O3/c1-2-29-27(33)28(34)14-7-15-31(19-28)22-12-16-30(17-13-22)26(32)25-23-10-5-3-8-20(23)18-21-9-4-6-11-24(21)25/h3-6,8-11,18,22,34H,2,7,12-17,19H2,1H3,(H,29,33). The van der Waals surface area contributed by atoms with Crippen molar-refractivity contribution in [2.24, 2.45) is 0 Å². The molecule has 0 spiro atoms. The third-order valence-corrected chi connectivity index (χ3v) is 7.51. The van der Waals surface area contributed by atoms with Gasteiger partial charge in [-0.15, -0.1) is 0 Å². The Labute approximate surface area is 200 Å². The molecule has 0 bridgehead atoms. The maximum atomic E-state index is 13.8. The Kier molecular flexibility index (Phi) is 6.28. The number of likely N-dealkylation sites (N-methyl/N-ethyl adjacent to an activating group) is 1. The van der Waals surface area contributed by atoms with Gasteiger partial charge >= 0.3 is 0 Å².